The van der Waals surface area contributed by atoms with Crippen molar-refractivity contribution in [1.29, 1.82) is 0 Å². The molecule has 0 aliphatic heterocycles. The van der Waals surface area contributed by atoms with Gasteiger partial charge in [-0.05, 0) is 43.3 Å². The van der Waals surface area contributed by atoms with Gasteiger partial charge in [-0.2, -0.15) is 0 Å². The van der Waals surface area contributed by atoms with Crippen molar-refractivity contribution in [3.63, 3.8) is 0 Å². The number of benzene rings is 1. The predicted octanol–water partition coefficient (Wildman–Crippen LogP) is 3.26. The van der Waals surface area contributed by atoms with Crippen molar-refractivity contribution in [2.24, 2.45) is 0 Å². The first-order chi connectivity index (χ1) is 8.29. The summed E-state index contributed by atoms with van der Waals surface area (Å²) in [4.78, 5) is 4.32. The first-order valence-electron chi connectivity index (χ1n) is 5.61. The molecular formula is C14H16N2O. The number of hydrogen-bond acceptors (Lipinski definition) is 3. The van der Waals surface area contributed by atoms with Gasteiger partial charge in [-0.15, -0.1) is 0 Å². The fourth-order valence-corrected chi connectivity index (χ4v) is 1.64. The first kappa shape index (κ1) is 11.5. The van der Waals surface area contributed by atoms with Gasteiger partial charge in [0.25, 0.3) is 0 Å². The third-order valence-electron chi connectivity index (χ3n) is 2.60. The molecule has 0 spiro atoms. The lowest BCUT2D eigenvalue weighted by Gasteiger charge is -2.14. The van der Waals surface area contributed by atoms with Crippen LogP contribution < -0.4 is 10.1 Å². The van der Waals surface area contributed by atoms with E-state index < -0.39 is 0 Å². The Kier molecular flexibility index (Phi) is 3.60. The van der Waals surface area contributed by atoms with Gasteiger partial charge < -0.3 is 10.1 Å². The van der Waals surface area contributed by atoms with Crippen LogP contribution in [-0.4, -0.2) is 12.1 Å². The normalized spacial score (nSPS) is 11.9. The number of anilines is 1. The Labute approximate surface area is 101 Å². The minimum absolute atomic E-state index is 0.185. The summed E-state index contributed by atoms with van der Waals surface area (Å²) in [6.45, 7) is 2.09. The fraction of sp³-hybridized carbons (Fsp3) is 0.214. The van der Waals surface area contributed by atoms with E-state index in [1.54, 1.807) is 7.11 Å². The van der Waals surface area contributed by atoms with Crippen molar-refractivity contribution in [1.82, 2.24) is 4.98 Å². The van der Waals surface area contributed by atoms with Crippen LogP contribution in [0.5, 0.6) is 5.75 Å². The van der Waals surface area contributed by atoms with Gasteiger partial charge in [0, 0.05) is 11.9 Å². The Hall–Kier alpha value is -2.03. The second kappa shape index (κ2) is 5.34. The lowest BCUT2D eigenvalue weighted by atomic mass is 10.2. The van der Waals surface area contributed by atoms with Gasteiger partial charge in [0.1, 0.15) is 5.75 Å². The molecule has 0 aliphatic carbocycles. The molecule has 1 N–H and O–H groups in total. The van der Waals surface area contributed by atoms with Gasteiger partial charge in [0.2, 0.25) is 0 Å². The summed E-state index contributed by atoms with van der Waals surface area (Å²) in [6, 6.07) is 14.0. The lowest BCUT2D eigenvalue weighted by Crippen LogP contribution is -2.07. The Bertz CT molecular complexity index is 453. The number of pyridine rings is 1. The average molecular weight is 228 g/mol. The highest BCUT2D eigenvalue weighted by atomic mass is 16.5. The van der Waals surface area contributed by atoms with E-state index in [4.69, 9.17) is 4.74 Å². The maximum absolute atomic E-state index is 5.12. The van der Waals surface area contributed by atoms with E-state index >= 15 is 0 Å². The van der Waals surface area contributed by atoms with E-state index in [9.17, 15) is 0 Å². The van der Waals surface area contributed by atoms with Gasteiger partial charge >= 0.3 is 0 Å². The average Bonchev–Trinajstić information content (AvgIpc) is 2.40. The van der Waals surface area contributed by atoms with E-state index in [2.05, 4.69) is 17.2 Å². The van der Waals surface area contributed by atoms with E-state index in [-0.39, 0.29) is 6.04 Å². The predicted molar refractivity (Wildman–Crippen MR) is 69.3 cm³/mol. The minimum Gasteiger partial charge on any atom is -0.497 e. The van der Waals surface area contributed by atoms with Crippen LogP contribution in [-0.2, 0) is 0 Å². The third-order valence-corrected chi connectivity index (χ3v) is 2.60. The topological polar surface area (TPSA) is 34.1 Å². The smallest absolute Gasteiger partial charge is 0.119 e. The zero-order chi connectivity index (χ0) is 12.1. The molecule has 3 nitrogen and oxygen atoms in total. The van der Waals surface area contributed by atoms with Crippen LogP contribution in [0.25, 0.3) is 0 Å². The van der Waals surface area contributed by atoms with Crippen molar-refractivity contribution < 1.29 is 4.74 Å². The number of nitrogens with zero attached hydrogens (tertiary/aromatic N) is 1. The van der Waals surface area contributed by atoms with Crippen molar-refractivity contribution >= 4 is 5.69 Å². The van der Waals surface area contributed by atoms with E-state index in [1.165, 1.54) is 0 Å². The van der Waals surface area contributed by atoms with Crippen LogP contribution in [0.4, 0.5) is 5.69 Å². The fourth-order valence-electron chi connectivity index (χ4n) is 1.64. The third kappa shape index (κ3) is 2.97. The summed E-state index contributed by atoms with van der Waals surface area (Å²) in [5.74, 6) is 0.862. The molecule has 0 saturated carbocycles. The van der Waals surface area contributed by atoms with Crippen LogP contribution in [0.3, 0.4) is 0 Å². The van der Waals surface area contributed by atoms with Crippen molar-refractivity contribution in [2.45, 2.75) is 13.0 Å². The van der Waals surface area contributed by atoms with Crippen LogP contribution in [0, 0.1) is 0 Å². The first-order valence-corrected chi connectivity index (χ1v) is 5.61. The quantitative estimate of drug-likeness (QED) is 0.872. The monoisotopic (exact) mass is 228 g/mol. The molecule has 0 fully saturated rings. The van der Waals surface area contributed by atoms with E-state index in [0.717, 1.165) is 17.1 Å². The SMILES string of the molecule is COc1ccc(NC(C)c2ccccn2)cc1. The lowest BCUT2D eigenvalue weighted by molar-refractivity contribution is 0.415. The van der Waals surface area contributed by atoms with Crippen LogP contribution in [0.2, 0.25) is 0 Å². The molecule has 3 heteroatoms. The molecule has 0 bridgehead atoms. The van der Waals surface area contributed by atoms with E-state index in [0.29, 0.717) is 0 Å². The number of hydrogen-bond donors (Lipinski definition) is 1. The summed E-state index contributed by atoms with van der Waals surface area (Å²) >= 11 is 0. The van der Waals surface area contributed by atoms with Gasteiger partial charge in [0.15, 0.2) is 0 Å². The molecule has 0 saturated heterocycles. The zero-order valence-electron chi connectivity index (χ0n) is 10.1. The second-order valence-corrected chi connectivity index (χ2v) is 3.85. The molecule has 1 aromatic carbocycles. The molecule has 2 aromatic rings. The van der Waals surface area contributed by atoms with E-state index in [1.807, 2.05) is 48.7 Å². The van der Waals surface area contributed by atoms with Crippen molar-refractivity contribution in [3.05, 3.63) is 54.4 Å². The maximum Gasteiger partial charge on any atom is 0.119 e. The Morgan fingerprint density at radius 2 is 1.88 bits per heavy atom. The van der Waals surface area contributed by atoms with Gasteiger partial charge in [-0.3, -0.25) is 4.98 Å². The summed E-state index contributed by atoms with van der Waals surface area (Å²) in [5, 5.41) is 3.39. The standard InChI is InChI=1S/C14H16N2O/c1-11(14-5-3-4-10-15-14)16-12-6-8-13(17-2)9-7-12/h3-11,16H,1-2H3. The molecule has 1 atom stereocenters. The second-order valence-electron chi connectivity index (χ2n) is 3.85. The summed E-state index contributed by atoms with van der Waals surface area (Å²) in [5.41, 5.74) is 2.09. The van der Waals surface area contributed by atoms with Crippen LogP contribution >= 0.6 is 0 Å². The highest BCUT2D eigenvalue weighted by molar-refractivity contribution is 5.47. The summed E-state index contributed by atoms with van der Waals surface area (Å²) in [6.07, 6.45) is 1.81. The van der Waals surface area contributed by atoms with Gasteiger partial charge in [-0.25, -0.2) is 0 Å². The summed E-state index contributed by atoms with van der Waals surface area (Å²) in [7, 11) is 1.67. The van der Waals surface area contributed by atoms with Crippen LogP contribution in [0.15, 0.2) is 48.7 Å². The Balaban J connectivity index is 2.05. The number of nitrogens with one attached hydrogen (secondary N) is 1. The summed E-state index contributed by atoms with van der Waals surface area (Å²) < 4.78 is 5.12. The molecule has 1 heterocycles. The molecule has 17 heavy (non-hydrogen) atoms. The molecule has 1 unspecified atom stereocenters. The number of ether oxygens (including phenoxy) is 1. The molecule has 0 aliphatic rings. The highest BCUT2D eigenvalue weighted by Crippen LogP contribution is 2.20. The molecular weight excluding hydrogens is 212 g/mol. The largest absolute Gasteiger partial charge is 0.497 e. The van der Waals surface area contributed by atoms with Crippen molar-refractivity contribution in [3.8, 4) is 5.75 Å². The Morgan fingerprint density at radius 1 is 1.12 bits per heavy atom. The van der Waals surface area contributed by atoms with Gasteiger partial charge in [-0.1, -0.05) is 6.07 Å². The molecule has 2 rings (SSSR count). The zero-order valence-corrected chi connectivity index (χ0v) is 10.1. The highest BCUT2D eigenvalue weighted by Gasteiger charge is 2.05. The Morgan fingerprint density at radius 3 is 2.47 bits per heavy atom. The van der Waals surface area contributed by atoms with Gasteiger partial charge in [0.05, 0.1) is 18.8 Å². The molecule has 0 radical (unpaired) electrons. The number of aromatic nitrogens is 1. The number of rotatable bonds is 4. The molecule has 0 amide bonds. The molecule has 88 valence electrons. The van der Waals surface area contributed by atoms with Crippen LogP contribution in [0.1, 0.15) is 18.7 Å². The minimum atomic E-state index is 0.185. The number of methoxy groups -OCH3 is 1. The van der Waals surface area contributed by atoms with Crippen molar-refractivity contribution in [2.75, 3.05) is 12.4 Å². The maximum atomic E-state index is 5.12. The molecule has 1 aromatic heterocycles.